The van der Waals surface area contributed by atoms with E-state index in [2.05, 4.69) is 0 Å². The number of hydrogen-bond acceptors (Lipinski definition) is 2. The maximum Gasteiger partial charge on any atom is 0.306 e. The van der Waals surface area contributed by atoms with Gasteiger partial charge in [0.15, 0.2) is 0 Å². The molecule has 70 valence electrons. The van der Waals surface area contributed by atoms with Crippen LogP contribution < -0.4 is 0 Å². The van der Waals surface area contributed by atoms with Crippen molar-refractivity contribution < 1.29 is 9.53 Å². The van der Waals surface area contributed by atoms with Gasteiger partial charge in [-0.15, -0.1) is 0 Å². The highest BCUT2D eigenvalue weighted by atomic mass is 16.6. The van der Waals surface area contributed by atoms with Gasteiger partial charge < -0.3 is 9.30 Å². The van der Waals surface area contributed by atoms with E-state index in [1.165, 1.54) is 0 Å². The molecule has 0 saturated carbocycles. The molecule has 0 spiro atoms. The number of hydrogen-bond donors (Lipinski definition) is 0. The van der Waals surface area contributed by atoms with Crippen LogP contribution in [-0.4, -0.2) is 10.5 Å². The first-order valence-corrected chi connectivity index (χ1v) is 4.49. The summed E-state index contributed by atoms with van der Waals surface area (Å²) >= 11 is 0. The standard InChI is InChI=1S/C10H13NO2/c1-7-6-9(12)13-10(7)8-4-3-5-11(8)2/h3-5,7,10H,6H2,1-2H3/t7-,10+/m1/s1. The highest BCUT2D eigenvalue weighted by Gasteiger charge is 2.33. The Morgan fingerprint density at radius 2 is 2.38 bits per heavy atom. The monoisotopic (exact) mass is 179 g/mol. The van der Waals surface area contributed by atoms with Crippen molar-refractivity contribution in [3.8, 4) is 0 Å². The van der Waals surface area contributed by atoms with Crippen LogP contribution in [0.4, 0.5) is 0 Å². The first kappa shape index (κ1) is 8.35. The van der Waals surface area contributed by atoms with Crippen LogP contribution in [0.3, 0.4) is 0 Å². The van der Waals surface area contributed by atoms with Crippen molar-refractivity contribution in [1.29, 1.82) is 0 Å². The minimum atomic E-state index is -0.0845. The minimum absolute atomic E-state index is 0.0486. The van der Waals surface area contributed by atoms with Gasteiger partial charge in [0.1, 0.15) is 6.10 Å². The average molecular weight is 179 g/mol. The molecule has 0 bridgehead atoms. The smallest absolute Gasteiger partial charge is 0.306 e. The van der Waals surface area contributed by atoms with Crippen LogP contribution in [0, 0.1) is 5.92 Å². The molecule has 2 heterocycles. The van der Waals surface area contributed by atoms with Crippen LogP contribution in [-0.2, 0) is 16.6 Å². The second-order valence-corrected chi connectivity index (χ2v) is 3.64. The summed E-state index contributed by atoms with van der Waals surface area (Å²) in [4.78, 5) is 11.0. The molecule has 2 atom stereocenters. The molecule has 1 aliphatic rings. The Balaban J connectivity index is 2.27. The number of carbonyl (C=O) groups excluding carboxylic acids is 1. The number of cyclic esters (lactones) is 1. The van der Waals surface area contributed by atoms with Crippen LogP contribution in [0.5, 0.6) is 0 Å². The fourth-order valence-corrected chi connectivity index (χ4v) is 1.80. The zero-order valence-electron chi connectivity index (χ0n) is 7.86. The highest BCUT2D eigenvalue weighted by molar-refractivity contribution is 5.72. The van der Waals surface area contributed by atoms with Crippen LogP contribution >= 0.6 is 0 Å². The van der Waals surface area contributed by atoms with Gasteiger partial charge in [-0.25, -0.2) is 0 Å². The van der Waals surface area contributed by atoms with E-state index in [4.69, 9.17) is 4.74 Å². The van der Waals surface area contributed by atoms with Gasteiger partial charge in [0.05, 0.1) is 12.1 Å². The van der Waals surface area contributed by atoms with Crippen LogP contribution in [0.15, 0.2) is 18.3 Å². The molecule has 3 nitrogen and oxygen atoms in total. The molecule has 0 aromatic carbocycles. The van der Waals surface area contributed by atoms with Crippen LogP contribution in [0.1, 0.15) is 25.1 Å². The molecule has 2 rings (SSSR count). The van der Waals surface area contributed by atoms with Crippen molar-refractivity contribution in [2.24, 2.45) is 13.0 Å². The molecule has 0 radical (unpaired) electrons. The summed E-state index contributed by atoms with van der Waals surface area (Å²) in [5.41, 5.74) is 1.08. The van der Waals surface area contributed by atoms with E-state index in [9.17, 15) is 4.79 Å². The Labute approximate surface area is 77.3 Å². The van der Waals surface area contributed by atoms with Crippen molar-refractivity contribution in [3.05, 3.63) is 24.0 Å². The number of esters is 1. The fourth-order valence-electron chi connectivity index (χ4n) is 1.80. The quantitative estimate of drug-likeness (QED) is 0.614. The Morgan fingerprint density at radius 3 is 2.85 bits per heavy atom. The predicted molar refractivity (Wildman–Crippen MR) is 48.0 cm³/mol. The molecule has 1 fully saturated rings. The summed E-state index contributed by atoms with van der Waals surface area (Å²) in [7, 11) is 1.97. The first-order valence-electron chi connectivity index (χ1n) is 4.49. The van der Waals surface area contributed by atoms with E-state index >= 15 is 0 Å². The minimum Gasteiger partial charge on any atom is -0.456 e. The molecule has 13 heavy (non-hydrogen) atoms. The average Bonchev–Trinajstić information content (AvgIpc) is 2.58. The summed E-state index contributed by atoms with van der Waals surface area (Å²) < 4.78 is 7.24. The van der Waals surface area contributed by atoms with Gasteiger partial charge >= 0.3 is 5.97 Å². The highest BCUT2D eigenvalue weighted by Crippen LogP contribution is 2.34. The summed E-state index contributed by atoms with van der Waals surface area (Å²) in [6.45, 7) is 2.04. The number of aryl methyl sites for hydroxylation is 1. The first-order chi connectivity index (χ1) is 6.18. The lowest BCUT2D eigenvalue weighted by Crippen LogP contribution is -2.08. The van der Waals surface area contributed by atoms with E-state index in [0.29, 0.717) is 12.3 Å². The van der Waals surface area contributed by atoms with Crippen molar-refractivity contribution >= 4 is 5.97 Å². The van der Waals surface area contributed by atoms with Gasteiger partial charge in [0.25, 0.3) is 0 Å². The molecule has 3 heteroatoms. The summed E-state index contributed by atoms with van der Waals surface area (Å²) in [5.74, 6) is 0.208. The van der Waals surface area contributed by atoms with Crippen LogP contribution in [0.25, 0.3) is 0 Å². The molecule has 1 aromatic rings. The van der Waals surface area contributed by atoms with Gasteiger partial charge in [-0.3, -0.25) is 4.79 Å². The lowest BCUT2D eigenvalue weighted by atomic mass is 10.0. The molecule has 0 aliphatic carbocycles. The van der Waals surface area contributed by atoms with E-state index in [1.807, 2.05) is 36.9 Å². The van der Waals surface area contributed by atoms with E-state index in [-0.39, 0.29) is 12.1 Å². The number of rotatable bonds is 1. The Kier molecular flexibility index (Phi) is 1.87. The maximum atomic E-state index is 11.0. The predicted octanol–water partition coefficient (Wildman–Crippen LogP) is 1.65. The summed E-state index contributed by atoms with van der Waals surface area (Å²) in [6.07, 6.45) is 2.46. The number of aromatic nitrogens is 1. The molecule has 1 aromatic heterocycles. The Hall–Kier alpha value is -1.25. The molecule has 1 aliphatic heterocycles. The second-order valence-electron chi connectivity index (χ2n) is 3.64. The third-order valence-corrected chi connectivity index (χ3v) is 2.54. The number of carbonyl (C=O) groups is 1. The number of ether oxygens (including phenoxy) is 1. The molecule has 0 amide bonds. The van der Waals surface area contributed by atoms with Gasteiger partial charge in [0.2, 0.25) is 0 Å². The third kappa shape index (κ3) is 1.34. The Bertz CT molecular complexity index is 329. The normalized spacial score (nSPS) is 27.7. The largest absolute Gasteiger partial charge is 0.456 e. The molecule has 0 unspecified atom stereocenters. The van der Waals surface area contributed by atoms with Crippen LogP contribution in [0.2, 0.25) is 0 Å². The lowest BCUT2D eigenvalue weighted by molar-refractivity contribution is -0.142. The van der Waals surface area contributed by atoms with Crippen molar-refractivity contribution in [2.45, 2.75) is 19.4 Å². The lowest BCUT2D eigenvalue weighted by Gasteiger charge is -2.14. The SMILES string of the molecule is C[C@@H]1CC(=O)O[C@@H]1c1cccn1C. The zero-order valence-corrected chi connectivity index (χ0v) is 7.86. The van der Waals surface area contributed by atoms with E-state index in [0.717, 1.165) is 5.69 Å². The van der Waals surface area contributed by atoms with Gasteiger partial charge in [-0.2, -0.15) is 0 Å². The fraction of sp³-hybridized carbons (Fsp3) is 0.500. The Morgan fingerprint density at radius 1 is 1.62 bits per heavy atom. The van der Waals surface area contributed by atoms with Crippen molar-refractivity contribution in [1.82, 2.24) is 4.57 Å². The van der Waals surface area contributed by atoms with E-state index in [1.54, 1.807) is 0 Å². The molecular weight excluding hydrogens is 166 g/mol. The maximum absolute atomic E-state index is 11.0. The van der Waals surface area contributed by atoms with Gasteiger partial charge in [-0.05, 0) is 12.1 Å². The van der Waals surface area contributed by atoms with Crippen molar-refractivity contribution in [2.75, 3.05) is 0 Å². The zero-order chi connectivity index (χ0) is 9.42. The molecule has 1 saturated heterocycles. The topological polar surface area (TPSA) is 31.2 Å². The summed E-state index contributed by atoms with van der Waals surface area (Å²) in [6, 6.07) is 3.97. The second kappa shape index (κ2) is 2.91. The number of nitrogens with zero attached hydrogens (tertiary/aromatic N) is 1. The summed E-state index contributed by atoms with van der Waals surface area (Å²) in [5, 5.41) is 0. The molecule has 0 N–H and O–H groups in total. The van der Waals surface area contributed by atoms with Gasteiger partial charge in [0, 0.05) is 19.2 Å². The van der Waals surface area contributed by atoms with Gasteiger partial charge in [-0.1, -0.05) is 6.92 Å². The van der Waals surface area contributed by atoms with Crippen molar-refractivity contribution in [3.63, 3.8) is 0 Å². The third-order valence-electron chi connectivity index (χ3n) is 2.54. The van der Waals surface area contributed by atoms with E-state index < -0.39 is 0 Å². The molecular formula is C10H13NO2.